The number of rotatable bonds is 2. The van der Waals surface area contributed by atoms with E-state index in [0.717, 1.165) is 0 Å². The molecule has 0 bridgehead atoms. The van der Waals surface area contributed by atoms with Crippen LogP contribution in [0.3, 0.4) is 0 Å². The lowest BCUT2D eigenvalue weighted by Gasteiger charge is -2.17. The molecule has 17 heavy (non-hydrogen) atoms. The minimum absolute atomic E-state index is 0.362. The molecule has 0 aliphatic heterocycles. The molecule has 0 saturated heterocycles. The predicted molar refractivity (Wildman–Crippen MR) is 47.6 cm³/mol. The van der Waals surface area contributed by atoms with Crippen LogP contribution in [0.1, 0.15) is 5.69 Å². The Bertz CT molecular complexity index is 417. The lowest BCUT2D eigenvalue weighted by atomic mass is 10.3. The van der Waals surface area contributed by atoms with Crippen molar-refractivity contribution in [2.45, 2.75) is 19.0 Å². The van der Waals surface area contributed by atoms with Gasteiger partial charge < -0.3 is 5.32 Å². The van der Waals surface area contributed by atoms with Gasteiger partial charge >= 0.3 is 18.0 Å². The first-order chi connectivity index (χ1) is 7.55. The molecule has 0 radical (unpaired) electrons. The summed E-state index contributed by atoms with van der Waals surface area (Å²) < 4.78 is 61.8. The molecule has 0 aromatic carbocycles. The van der Waals surface area contributed by atoms with Gasteiger partial charge in [0.25, 0.3) is 0 Å². The molecular formula is C8H8F5N3O. The lowest BCUT2D eigenvalue weighted by Crippen LogP contribution is -2.47. The van der Waals surface area contributed by atoms with Gasteiger partial charge in [0.1, 0.15) is 0 Å². The van der Waals surface area contributed by atoms with Gasteiger partial charge in [0.05, 0.1) is 0 Å². The molecule has 0 fully saturated rings. The Morgan fingerprint density at radius 2 is 1.88 bits per heavy atom. The molecule has 0 unspecified atom stereocenters. The topological polar surface area (TPSA) is 46.9 Å². The van der Waals surface area contributed by atoms with Crippen molar-refractivity contribution in [3.8, 4) is 0 Å². The van der Waals surface area contributed by atoms with Gasteiger partial charge in [-0.3, -0.25) is 9.48 Å². The molecule has 0 aliphatic carbocycles. The number of anilines is 1. The minimum Gasteiger partial charge on any atom is -0.304 e. The van der Waals surface area contributed by atoms with Crippen molar-refractivity contribution in [3.63, 3.8) is 0 Å². The highest BCUT2D eigenvalue weighted by molar-refractivity contribution is 5.96. The smallest absolute Gasteiger partial charge is 0.304 e. The first kappa shape index (κ1) is 13.4. The Kier molecular flexibility index (Phi) is 3.13. The van der Waals surface area contributed by atoms with E-state index in [2.05, 4.69) is 5.10 Å². The summed E-state index contributed by atoms with van der Waals surface area (Å²) in [6.45, 7) is 1.55. The summed E-state index contributed by atoms with van der Waals surface area (Å²) in [4.78, 5) is 10.8. The first-order valence-corrected chi connectivity index (χ1v) is 4.32. The summed E-state index contributed by atoms with van der Waals surface area (Å²) in [5.74, 6) is -8.26. The van der Waals surface area contributed by atoms with E-state index in [9.17, 15) is 26.7 Å². The van der Waals surface area contributed by atoms with Gasteiger partial charge in [-0.25, -0.2) is 0 Å². The highest BCUT2D eigenvalue weighted by atomic mass is 19.4. The third kappa shape index (κ3) is 2.53. The first-order valence-electron chi connectivity index (χ1n) is 4.32. The van der Waals surface area contributed by atoms with E-state index in [4.69, 9.17) is 0 Å². The minimum atomic E-state index is -5.93. The molecule has 0 aliphatic rings. The van der Waals surface area contributed by atoms with Gasteiger partial charge in [-0.2, -0.15) is 27.1 Å². The van der Waals surface area contributed by atoms with Gasteiger partial charge in [-0.05, 0) is 6.92 Å². The Morgan fingerprint density at radius 3 is 2.24 bits per heavy atom. The molecule has 1 heterocycles. The van der Waals surface area contributed by atoms with Crippen LogP contribution >= 0.6 is 0 Å². The Labute approximate surface area is 92.4 Å². The van der Waals surface area contributed by atoms with Crippen LogP contribution in [-0.2, 0) is 11.8 Å². The van der Waals surface area contributed by atoms with Crippen LogP contribution in [-0.4, -0.2) is 27.8 Å². The monoisotopic (exact) mass is 257 g/mol. The molecule has 1 N–H and O–H groups in total. The zero-order valence-corrected chi connectivity index (χ0v) is 8.77. The number of hydrogen-bond acceptors (Lipinski definition) is 2. The molecule has 1 rings (SSSR count). The second kappa shape index (κ2) is 3.97. The maximum absolute atomic E-state index is 12.5. The number of carbonyl (C=O) groups is 1. The van der Waals surface area contributed by atoms with Crippen LogP contribution in [0.2, 0.25) is 0 Å². The number of halogens is 5. The molecule has 1 amide bonds. The summed E-state index contributed by atoms with van der Waals surface area (Å²) in [5, 5.41) is 4.94. The molecule has 4 nitrogen and oxygen atoms in total. The number of nitrogens with zero attached hydrogens (tertiary/aromatic N) is 2. The van der Waals surface area contributed by atoms with E-state index in [1.54, 1.807) is 6.92 Å². The molecule has 0 saturated carbocycles. The van der Waals surface area contributed by atoms with E-state index in [0.29, 0.717) is 5.69 Å². The van der Waals surface area contributed by atoms with Gasteiger partial charge in [-0.15, -0.1) is 0 Å². The molecule has 9 heteroatoms. The highest BCUT2D eigenvalue weighted by Gasteiger charge is 2.63. The number of aromatic nitrogens is 2. The van der Waals surface area contributed by atoms with E-state index in [-0.39, 0.29) is 5.82 Å². The van der Waals surface area contributed by atoms with Gasteiger partial charge in [0.2, 0.25) is 0 Å². The van der Waals surface area contributed by atoms with E-state index < -0.39 is 18.0 Å². The van der Waals surface area contributed by atoms with Crippen molar-refractivity contribution >= 4 is 11.7 Å². The van der Waals surface area contributed by atoms with Crippen molar-refractivity contribution in [1.29, 1.82) is 0 Å². The molecule has 96 valence electrons. The van der Waals surface area contributed by atoms with E-state index in [1.165, 1.54) is 23.1 Å². The van der Waals surface area contributed by atoms with Crippen LogP contribution in [0.25, 0.3) is 0 Å². The summed E-state index contributed by atoms with van der Waals surface area (Å²) in [5.41, 5.74) is 0.496. The normalized spacial score (nSPS) is 12.6. The average Bonchev–Trinajstić information content (AvgIpc) is 2.43. The Hall–Kier alpha value is -1.67. The molecule has 1 aromatic heterocycles. The van der Waals surface area contributed by atoms with Crippen LogP contribution in [0.15, 0.2) is 6.07 Å². The van der Waals surface area contributed by atoms with Gasteiger partial charge in [-0.1, -0.05) is 0 Å². The van der Waals surface area contributed by atoms with Crippen molar-refractivity contribution in [3.05, 3.63) is 11.8 Å². The van der Waals surface area contributed by atoms with E-state index in [1.807, 2.05) is 0 Å². The molecule has 0 atom stereocenters. The van der Waals surface area contributed by atoms with Crippen molar-refractivity contribution in [2.24, 2.45) is 7.05 Å². The molecular weight excluding hydrogens is 249 g/mol. The maximum atomic E-state index is 12.5. The largest absolute Gasteiger partial charge is 0.463 e. The number of amides is 1. The lowest BCUT2D eigenvalue weighted by molar-refractivity contribution is -0.267. The number of nitrogens with one attached hydrogen (secondary N) is 1. The molecule has 0 spiro atoms. The zero-order chi connectivity index (χ0) is 13.4. The van der Waals surface area contributed by atoms with Crippen molar-refractivity contribution in [1.82, 2.24) is 9.78 Å². The van der Waals surface area contributed by atoms with E-state index >= 15 is 0 Å². The quantitative estimate of drug-likeness (QED) is 0.822. The fourth-order valence-electron chi connectivity index (χ4n) is 0.945. The predicted octanol–water partition coefficient (Wildman–Crippen LogP) is 1.86. The van der Waals surface area contributed by atoms with Crippen molar-refractivity contribution in [2.75, 3.05) is 5.32 Å². The zero-order valence-electron chi connectivity index (χ0n) is 8.77. The third-order valence-electron chi connectivity index (χ3n) is 2.00. The van der Waals surface area contributed by atoms with Crippen molar-refractivity contribution < 1.29 is 26.7 Å². The average molecular weight is 257 g/mol. The number of aryl methyl sites for hydroxylation is 2. The third-order valence-corrected chi connectivity index (χ3v) is 2.00. The Balaban J connectivity index is 2.86. The summed E-state index contributed by atoms with van der Waals surface area (Å²) in [6.07, 6.45) is -5.93. The number of hydrogen-bond donors (Lipinski definition) is 1. The second-order valence-electron chi connectivity index (χ2n) is 3.32. The van der Waals surface area contributed by atoms with Crippen LogP contribution < -0.4 is 5.32 Å². The number of carbonyl (C=O) groups excluding carboxylic acids is 1. The SMILES string of the molecule is Cc1cc(NC(=O)C(F)(F)C(F)(F)F)nn1C. The van der Waals surface area contributed by atoms with Crippen LogP contribution in [0, 0.1) is 6.92 Å². The van der Waals surface area contributed by atoms with Gasteiger partial charge in [0, 0.05) is 18.8 Å². The summed E-state index contributed by atoms with van der Waals surface area (Å²) in [6, 6.07) is 1.17. The summed E-state index contributed by atoms with van der Waals surface area (Å²) >= 11 is 0. The fraction of sp³-hybridized carbons (Fsp3) is 0.500. The Morgan fingerprint density at radius 1 is 1.35 bits per heavy atom. The fourth-order valence-corrected chi connectivity index (χ4v) is 0.945. The molecule has 1 aromatic rings. The van der Waals surface area contributed by atoms with Gasteiger partial charge in [0.15, 0.2) is 5.82 Å². The van der Waals surface area contributed by atoms with Crippen LogP contribution in [0.4, 0.5) is 27.8 Å². The highest BCUT2D eigenvalue weighted by Crippen LogP contribution is 2.36. The maximum Gasteiger partial charge on any atom is 0.463 e. The standard InChI is InChI=1S/C8H8F5N3O/c1-4-3-5(15-16(4)2)14-6(17)7(9,10)8(11,12)13/h3H,1-2H3,(H,14,15,17). The summed E-state index contributed by atoms with van der Waals surface area (Å²) in [7, 11) is 1.45. The second-order valence-corrected chi connectivity index (χ2v) is 3.32. The number of alkyl halides is 5. The van der Waals surface area contributed by atoms with Crippen LogP contribution in [0.5, 0.6) is 0 Å².